The van der Waals surface area contributed by atoms with Gasteiger partial charge in [0, 0.05) is 21.2 Å². The number of benzene rings is 2. The summed E-state index contributed by atoms with van der Waals surface area (Å²) in [5, 5.41) is 3.34. The van der Waals surface area contributed by atoms with Crippen LogP contribution in [0.2, 0.25) is 0 Å². The van der Waals surface area contributed by atoms with Crippen LogP contribution in [0.25, 0.3) is 0 Å². The van der Waals surface area contributed by atoms with Gasteiger partial charge in [0.15, 0.2) is 0 Å². The van der Waals surface area contributed by atoms with Crippen LogP contribution in [0, 0.1) is 5.82 Å². The maximum Gasteiger partial charge on any atom is 0.123 e. The molecule has 0 saturated carbocycles. The Hall–Kier alpha value is -0.840. The molecule has 0 aliphatic carbocycles. The zero-order chi connectivity index (χ0) is 14.4. The van der Waals surface area contributed by atoms with Gasteiger partial charge in [0.1, 0.15) is 5.82 Å². The van der Waals surface area contributed by atoms with E-state index in [-0.39, 0.29) is 5.82 Å². The Balaban J connectivity index is 1.88. The lowest BCUT2D eigenvalue weighted by Crippen LogP contribution is -2.30. The molecule has 2 aromatic rings. The standard InChI is InChI=1S/C16H17BrFNS/c1-19-15(10-12-2-4-13(17)5-3-12)11-20-16-8-6-14(18)7-9-16/h2-9,15,19H,10-11H2,1H3. The first-order valence-electron chi connectivity index (χ1n) is 6.47. The van der Waals surface area contributed by atoms with Gasteiger partial charge in [0.25, 0.3) is 0 Å². The van der Waals surface area contributed by atoms with Crippen LogP contribution in [-0.2, 0) is 6.42 Å². The molecule has 1 atom stereocenters. The number of hydrogen-bond donors (Lipinski definition) is 1. The van der Waals surface area contributed by atoms with E-state index in [0.29, 0.717) is 6.04 Å². The molecule has 1 N–H and O–H groups in total. The Morgan fingerprint density at radius 3 is 2.35 bits per heavy atom. The summed E-state index contributed by atoms with van der Waals surface area (Å²) in [6.45, 7) is 0. The van der Waals surface area contributed by atoms with Crippen LogP contribution in [-0.4, -0.2) is 18.8 Å². The largest absolute Gasteiger partial charge is 0.316 e. The first-order valence-corrected chi connectivity index (χ1v) is 8.25. The molecule has 2 rings (SSSR count). The summed E-state index contributed by atoms with van der Waals surface area (Å²) in [7, 11) is 1.98. The van der Waals surface area contributed by atoms with Crippen LogP contribution in [0.5, 0.6) is 0 Å². The molecule has 106 valence electrons. The van der Waals surface area contributed by atoms with Crippen molar-refractivity contribution in [3.05, 3.63) is 64.4 Å². The molecule has 0 aliphatic rings. The quantitative estimate of drug-likeness (QED) is 0.766. The molecule has 0 aromatic heterocycles. The number of thioether (sulfide) groups is 1. The van der Waals surface area contributed by atoms with Crippen molar-refractivity contribution in [2.24, 2.45) is 0 Å². The topological polar surface area (TPSA) is 12.0 Å². The summed E-state index contributed by atoms with van der Waals surface area (Å²) in [6.07, 6.45) is 0.984. The highest BCUT2D eigenvalue weighted by atomic mass is 79.9. The maximum atomic E-state index is 12.8. The molecule has 0 spiro atoms. The van der Waals surface area contributed by atoms with E-state index in [0.717, 1.165) is 21.5 Å². The average Bonchev–Trinajstić information content (AvgIpc) is 2.47. The second-order valence-corrected chi connectivity index (χ2v) is 6.59. The summed E-state index contributed by atoms with van der Waals surface area (Å²) in [5.74, 6) is 0.771. The van der Waals surface area contributed by atoms with Gasteiger partial charge >= 0.3 is 0 Å². The van der Waals surface area contributed by atoms with Gasteiger partial charge in [-0.3, -0.25) is 0 Å². The highest BCUT2D eigenvalue weighted by molar-refractivity contribution is 9.10. The van der Waals surface area contributed by atoms with E-state index >= 15 is 0 Å². The molecule has 1 nitrogen and oxygen atoms in total. The van der Waals surface area contributed by atoms with Gasteiger partial charge in [0.05, 0.1) is 0 Å². The number of nitrogens with one attached hydrogen (secondary N) is 1. The predicted octanol–water partition coefficient (Wildman–Crippen LogP) is 4.51. The van der Waals surface area contributed by atoms with Crippen molar-refractivity contribution >= 4 is 27.7 Å². The van der Waals surface area contributed by atoms with Crippen LogP contribution in [0.4, 0.5) is 4.39 Å². The van der Waals surface area contributed by atoms with Crippen molar-refractivity contribution in [3.8, 4) is 0 Å². The minimum Gasteiger partial charge on any atom is -0.316 e. The van der Waals surface area contributed by atoms with Gasteiger partial charge in [-0.25, -0.2) is 4.39 Å². The van der Waals surface area contributed by atoms with E-state index in [1.54, 1.807) is 11.8 Å². The van der Waals surface area contributed by atoms with Crippen LogP contribution in [0.15, 0.2) is 57.9 Å². The van der Waals surface area contributed by atoms with E-state index in [1.807, 2.05) is 19.2 Å². The molecule has 0 bridgehead atoms. The molecule has 4 heteroatoms. The third kappa shape index (κ3) is 4.93. The molecular formula is C16H17BrFNS. The molecule has 0 amide bonds. The smallest absolute Gasteiger partial charge is 0.123 e. The lowest BCUT2D eigenvalue weighted by atomic mass is 10.1. The molecule has 0 fully saturated rings. The zero-order valence-corrected chi connectivity index (χ0v) is 13.7. The highest BCUT2D eigenvalue weighted by Crippen LogP contribution is 2.20. The third-order valence-corrected chi connectivity index (χ3v) is 4.77. The van der Waals surface area contributed by atoms with Crippen molar-refractivity contribution in [1.82, 2.24) is 5.32 Å². The van der Waals surface area contributed by atoms with Crippen molar-refractivity contribution in [2.45, 2.75) is 17.4 Å². The molecule has 0 aliphatic heterocycles. The Kier molecular flexibility index (Phi) is 6.07. The summed E-state index contributed by atoms with van der Waals surface area (Å²) < 4.78 is 13.9. The van der Waals surface area contributed by atoms with Crippen molar-refractivity contribution in [3.63, 3.8) is 0 Å². The molecule has 0 heterocycles. The molecule has 1 unspecified atom stereocenters. The van der Waals surface area contributed by atoms with Gasteiger partial charge in [-0.15, -0.1) is 11.8 Å². The third-order valence-electron chi connectivity index (χ3n) is 3.07. The number of rotatable bonds is 6. The summed E-state index contributed by atoms with van der Waals surface area (Å²) in [5.41, 5.74) is 1.31. The second-order valence-electron chi connectivity index (χ2n) is 4.58. The normalized spacial score (nSPS) is 12.3. The molecular weight excluding hydrogens is 337 g/mol. The fourth-order valence-corrected chi connectivity index (χ4v) is 3.15. The van der Waals surface area contributed by atoms with E-state index in [4.69, 9.17) is 0 Å². The van der Waals surface area contributed by atoms with E-state index < -0.39 is 0 Å². The molecule has 0 radical (unpaired) electrons. The van der Waals surface area contributed by atoms with E-state index in [9.17, 15) is 4.39 Å². The number of likely N-dealkylation sites (N-methyl/N-ethyl adjacent to an activating group) is 1. The Labute approximate surface area is 132 Å². The van der Waals surface area contributed by atoms with Gasteiger partial charge in [0.2, 0.25) is 0 Å². The van der Waals surface area contributed by atoms with E-state index in [2.05, 4.69) is 45.5 Å². The molecule has 20 heavy (non-hydrogen) atoms. The minimum atomic E-state index is -0.186. The van der Waals surface area contributed by atoms with Crippen LogP contribution in [0.3, 0.4) is 0 Å². The fraction of sp³-hybridized carbons (Fsp3) is 0.250. The summed E-state index contributed by atoms with van der Waals surface area (Å²) >= 11 is 5.19. The van der Waals surface area contributed by atoms with Gasteiger partial charge in [-0.05, 0) is 55.4 Å². The van der Waals surface area contributed by atoms with E-state index in [1.165, 1.54) is 17.7 Å². The zero-order valence-electron chi connectivity index (χ0n) is 11.3. The second kappa shape index (κ2) is 7.81. The van der Waals surface area contributed by atoms with Crippen LogP contribution in [0.1, 0.15) is 5.56 Å². The van der Waals surface area contributed by atoms with Gasteiger partial charge < -0.3 is 5.32 Å². The molecule has 0 saturated heterocycles. The predicted molar refractivity (Wildman–Crippen MR) is 87.8 cm³/mol. The SMILES string of the molecule is CNC(CSc1ccc(F)cc1)Cc1ccc(Br)cc1. The Morgan fingerprint density at radius 1 is 1.10 bits per heavy atom. The maximum absolute atomic E-state index is 12.8. The minimum absolute atomic E-state index is 0.186. The fourth-order valence-electron chi connectivity index (χ4n) is 1.88. The number of halogens is 2. The Morgan fingerprint density at radius 2 is 1.75 bits per heavy atom. The lowest BCUT2D eigenvalue weighted by Gasteiger charge is -2.16. The molecule has 2 aromatic carbocycles. The average molecular weight is 354 g/mol. The summed E-state index contributed by atoms with van der Waals surface area (Å²) in [4.78, 5) is 1.10. The number of hydrogen-bond acceptors (Lipinski definition) is 2. The van der Waals surface area contributed by atoms with Gasteiger partial charge in [-0.1, -0.05) is 28.1 Å². The van der Waals surface area contributed by atoms with Crippen molar-refractivity contribution in [1.29, 1.82) is 0 Å². The summed E-state index contributed by atoms with van der Waals surface area (Å²) in [6, 6.07) is 15.5. The van der Waals surface area contributed by atoms with Crippen LogP contribution >= 0.6 is 27.7 Å². The first kappa shape index (κ1) is 15.5. The monoisotopic (exact) mass is 353 g/mol. The first-order chi connectivity index (χ1) is 9.67. The van der Waals surface area contributed by atoms with Crippen LogP contribution < -0.4 is 5.32 Å². The highest BCUT2D eigenvalue weighted by Gasteiger charge is 2.08. The van der Waals surface area contributed by atoms with Crippen molar-refractivity contribution < 1.29 is 4.39 Å². The van der Waals surface area contributed by atoms with Crippen molar-refractivity contribution in [2.75, 3.05) is 12.8 Å². The Bertz CT molecular complexity index is 527. The van der Waals surface area contributed by atoms with Gasteiger partial charge in [-0.2, -0.15) is 0 Å². The lowest BCUT2D eigenvalue weighted by molar-refractivity contribution is 0.617.